The number of nitrogens with one attached hydrogen (secondary N) is 3. The standard InChI is InChI=1S/C61H109N3O12/c1-5-6-7-8-9-10-11-12-13-14-15-16-17-18-19-22-36-64-59(71)75-47-31-33-60(3)46(43-47)26-27-48-50-29-28-49(61(50,4)34-32-51(48)60)45(2)25-30-54(67)62-35-23-20-21-24-53(66)63-37-38-72-39-40-73-41-42-74-58-57(70)56(69)55(68)52(44-65)76-58/h12-13,45-52,55-58,65,68-70H,5-11,14-44H2,1-4H3,(H,62,67)(H,63,66)(H,64,71)/t45-,46?,47-,48?,49-,50?,51?,52?,55-,56+,57?,58+,60+,61-/m1/s1. The lowest BCUT2D eigenvalue weighted by atomic mass is 9.44. The Kier molecular flexibility index (Phi) is 30.0. The van der Waals surface area contributed by atoms with E-state index in [0.29, 0.717) is 80.9 Å². The zero-order chi connectivity index (χ0) is 54.6. The number of hydrogen-bond acceptors (Lipinski definition) is 12. The lowest BCUT2D eigenvalue weighted by molar-refractivity contribution is -0.302. The number of hydrogen-bond donors (Lipinski definition) is 7. The van der Waals surface area contributed by atoms with Crippen LogP contribution in [0.4, 0.5) is 4.79 Å². The predicted octanol–water partition coefficient (Wildman–Crippen LogP) is 9.84. The first-order chi connectivity index (χ1) is 36.8. The maximum atomic E-state index is 13.0. The summed E-state index contributed by atoms with van der Waals surface area (Å²) in [5, 5.41) is 48.1. The van der Waals surface area contributed by atoms with Gasteiger partial charge in [-0.2, -0.15) is 0 Å². The van der Waals surface area contributed by atoms with Crippen molar-refractivity contribution in [2.45, 2.75) is 251 Å². The molecular weight excluding hydrogens is 967 g/mol. The number of allylic oxidation sites excluding steroid dienone is 2. The number of carbonyl (C=O) groups is 3. The quantitative estimate of drug-likeness (QED) is 0.0227. The van der Waals surface area contributed by atoms with Crippen LogP contribution in [0.1, 0.15) is 214 Å². The first kappa shape index (κ1) is 64.5. The zero-order valence-corrected chi connectivity index (χ0v) is 48.0. The number of carbonyl (C=O) groups excluding carboxylic acids is 3. The van der Waals surface area contributed by atoms with E-state index >= 15 is 0 Å². The van der Waals surface area contributed by atoms with Crippen LogP contribution in [-0.2, 0) is 33.3 Å². The molecule has 3 amide bonds. The van der Waals surface area contributed by atoms with Gasteiger partial charge in [0.1, 0.15) is 30.5 Å². The fourth-order valence-corrected chi connectivity index (χ4v) is 14.6. The van der Waals surface area contributed by atoms with Crippen molar-refractivity contribution < 1.29 is 58.5 Å². The minimum absolute atomic E-state index is 0.0224. The Morgan fingerprint density at radius 3 is 1.96 bits per heavy atom. The van der Waals surface area contributed by atoms with Gasteiger partial charge in [-0.25, -0.2) is 4.79 Å². The highest BCUT2D eigenvalue weighted by Gasteiger charge is 2.61. The van der Waals surface area contributed by atoms with Crippen LogP contribution in [0.3, 0.4) is 0 Å². The lowest BCUT2D eigenvalue weighted by Crippen LogP contribution is -2.59. The Hall–Kier alpha value is -2.37. The van der Waals surface area contributed by atoms with E-state index < -0.39 is 37.3 Å². The van der Waals surface area contributed by atoms with Crippen molar-refractivity contribution in [2.24, 2.45) is 46.3 Å². The second kappa shape index (κ2) is 35.4. The zero-order valence-electron chi connectivity index (χ0n) is 48.0. The third-order valence-corrected chi connectivity index (χ3v) is 19.1. The monoisotopic (exact) mass is 1080 g/mol. The normalized spacial score (nSPS) is 31.6. The third-order valence-electron chi connectivity index (χ3n) is 19.1. The van der Waals surface area contributed by atoms with Gasteiger partial charge in [0.2, 0.25) is 11.8 Å². The minimum atomic E-state index is -1.49. The highest BCUT2D eigenvalue weighted by Crippen LogP contribution is 2.68. The molecule has 0 bridgehead atoms. The van der Waals surface area contributed by atoms with E-state index in [9.17, 15) is 34.8 Å². The largest absolute Gasteiger partial charge is 0.446 e. The van der Waals surface area contributed by atoms with E-state index in [-0.39, 0.29) is 37.2 Å². The van der Waals surface area contributed by atoms with Gasteiger partial charge >= 0.3 is 6.09 Å². The van der Waals surface area contributed by atoms with Crippen LogP contribution in [0.15, 0.2) is 12.2 Å². The molecule has 14 atom stereocenters. The number of fused-ring (bicyclic) bond motifs is 5. The SMILES string of the molecule is CCCCCCCCC=CCCCCCCCCNC(=O)O[C@@H]1CC[C@@]2(C)C(CCC3C2CC[C@@]2(C)C3CC[C@@H]2[C@H](C)CCC(=O)NCCCCCC(=O)NCCOCCOCCO[C@H]2OC(CO)[C@@H](O)[C@H](O)C2O)C1. The Balaban J connectivity index is 0.836. The summed E-state index contributed by atoms with van der Waals surface area (Å²) in [6.45, 7) is 12.3. The predicted molar refractivity (Wildman–Crippen MR) is 297 cm³/mol. The van der Waals surface area contributed by atoms with Crippen molar-refractivity contribution in [2.75, 3.05) is 59.3 Å². The number of unbranched alkanes of at least 4 members (excludes halogenated alkanes) is 14. The molecule has 440 valence electrons. The van der Waals surface area contributed by atoms with Crippen molar-refractivity contribution in [3.05, 3.63) is 12.2 Å². The van der Waals surface area contributed by atoms with Crippen molar-refractivity contribution in [3.8, 4) is 0 Å². The fourth-order valence-electron chi connectivity index (χ4n) is 14.6. The van der Waals surface area contributed by atoms with Crippen LogP contribution in [0.25, 0.3) is 0 Å². The number of alkyl carbamates (subject to hydrolysis) is 1. The summed E-state index contributed by atoms with van der Waals surface area (Å²) in [6, 6.07) is 0. The summed E-state index contributed by atoms with van der Waals surface area (Å²) in [5.41, 5.74) is 0.681. The van der Waals surface area contributed by atoms with Crippen molar-refractivity contribution in [1.29, 1.82) is 0 Å². The van der Waals surface area contributed by atoms with E-state index in [1.807, 2.05) is 0 Å². The van der Waals surface area contributed by atoms with Crippen LogP contribution in [0.5, 0.6) is 0 Å². The van der Waals surface area contributed by atoms with Crippen molar-refractivity contribution >= 4 is 17.9 Å². The summed E-state index contributed by atoms with van der Waals surface area (Å²) in [7, 11) is 0. The Morgan fingerprint density at radius 2 is 1.24 bits per heavy atom. The third kappa shape index (κ3) is 20.6. The van der Waals surface area contributed by atoms with E-state index in [4.69, 9.17) is 23.7 Å². The van der Waals surface area contributed by atoms with Crippen LogP contribution < -0.4 is 16.0 Å². The first-order valence-corrected chi connectivity index (χ1v) is 31.0. The molecular formula is C61H109N3O12. The lowest BCUT2D eigenvalue weighted by Gasteiger charge is -2.61. The molecule has 4 aliphatic carbocycles. The fraction of sp³-hybridized carbons (Fsp3) is 0.918. The highest BCUT2D eigenvalue weighted by molar-refractivity contribution is 5.76. The van der Waals surface area contributed by atoms with Gasteiger partial charge in [-0.05, 0) is 155 Å². The molecule has 15 heteroatoms. The Labute approximate surface area is 459 Å². The topological polar surface area (TPSA) is 214 Å². The first-order valence-electron chi connectivity index (χ1n) is 31.0. The van der Waals surface area contributed by atoms with E-state index in [1.165, 1.54) is 128 Å². The van der Waals surface area contributed by atoms with Gasteiger partial charge < -0.3 is 60.1 Å². The molecule has 1 aliphatic heterocycles. The van der Waals surface area contributed by atoms with Gasteiger partial charge in [0.25, 0.3) is 0 Å². The maximum absolute atomic E-state index is 13.0. The molecule has 0 aromatic heterocycles. The van der Waals surface area contributed by atoms with Crippen LogP contribution >= 0.6 is 0 Å². The van der Waals surface area contributed by atoms with Crippen LogP contribution in [-0.4, -0.2) is 134 Å². The molecule has 5 rings (SSSR count). The average molecular weight is 1080 g/mol. The summed E-state index contributed by atoms with van der Waals surface area (Å²) < 4.78 is 27.7. The molecule has 15 nitrogen and oxygen atoms in total. The molecule has 4 saturated carbocycles. The number of aliphatic hydroxyl groups excluding tert-OH is 4. The second-order valence-corrected chi connectivity index (χ2v) is 24.4. The molecule has 7 N–H and O–H groups in total. The van der Waals surface area contributed by atoms with Gasteiger partial charge in [0.15, 0.2) is 6.29 Å². The summed E-state index contributed by atoms with van der Waals surface area (Å²) in [4.78, 5) is 38.2. The Bertz CT molecular complexity index is 1650. The number of rotatable bonds is 38. The van der Waals surface area contributed by atoms with E-state index in [1.54, 1.807) is 0 Å². The molecule has 76 heavy (non-hydrogen) atoms. The van der Waals surface area contributed by atoms with E-state index in [2.05, 4.69) is 55.8 Å². The van der Waals surface area contributed by atoms with Crippen molar-refractivity contribution in [1.82, 2.24) is 16.0 Å². The molecule has 1 saturated heterocycles. The van der Waals surface area contributed by atoms with Gasteiger partial charge in [-0.15, -0.1) is 0 Å². The molecule has 6 unspecified atom stereocenters. The van der Waals surface area contributed by atoms with Crippen LogP contribution in [0, 0.1) is 46.3 Å². The van der Waals surface area contributed by atoms with Gasteiger partial charge in [0.05, 0.1) is 39.6 Å². The van der Waals surface area contributed by atoms with E-state index in [0.717, 1.165) is 62.7 Å². The smallest absolute Gasteiger partial charge is 0.407 e. The molecule has 5 aliphatic rings. The molecule has 1 heterocycles. The summed E-state index contributed by atoms with van der Waals surface area (Å²) >= 11 is 0. The summed E-state index contributed by atoms with van der Waals surface area (Å²) in [6.07, 6.45) is 31.3. The number of aliphatic hydroxyl groups is 4. The molecule has 0 spiro atoms. The van der Waals surface area contributed by atoms with Crippen molar-refractivity contribution in [3.63, 3.8) is 0 Å². The number of ether oxygens (including phenoxy) is 5. The number of amides is 3. The Morgan fingerprint density at radius 1 is 0.632 bits per heavy atom. The molecule has 0 aromatic rings. The molecule has 0 aromatic carbocycles. The van der Waals surface area contributed by atoms with Gasteiger partial charge in [-0.3, -0.25) is 9.59 Å². The minimum Gasteiger partial charge on any atom is -0.446 e. The van der Waals surface area contributed by atoms with Gasteiger partial charge in [-0.1, -0.05) is 104 Å². The van der Waals surface area contributed by atoms with Gasteiger partial charge in [0, 0.05) is 32.5 Å². The highest BCUT2D eigenvalue weighted by atomic mass is 16.7. The summed E-state index contributed by atoms with van der Waals surface area (Å²) in [5.74, 6) is 4.24. The second-order valence-electron chi connectivity index (χ2n) is 24.4. The average Bonchev–Trinajstić information content (AvgIpc) is 3.80. The maximum Gasteiger partial charge on any atom is 0.407 e. The molecule has 0 radical (unpaired) electrons. The van der Waals surface area contributed by atoms with Crippen LogP contribution in [0.2, 0.25) is 0 Å². The molecule has 5 fully saturated rings.